The Labute approximate surface area is 161 Å². The van der Waals surface area contributed by atoms with E-state index in [2.05, 4.69) is 17.5 Å². The zero-order valence-electron chi connectivity index (χ0n) is 15.5. The van der Waals surface area contributed by atoms with Gasteiger partial charge in [-0.15, -0.1) is 5.06 Å². The van der Waals surface area contributed by atoms with E-state index in [-0.39, 0.29) is 26.1 Å². The maximum atomic E-state index is 11.5. The van der Waals surface area contributed by atoms with Gasteiger partial charge in [0.1, 0.15) is 6.61 Å². The molecule has 2 amide bonds. The van der Waals surface area contributed by atoms with Gasteiger partial charge in [-0.3, -0.25) is 9.59 Å². The van der Waals surface area contributed by atoms with Gasteiger partial charge in [0, 0.05) is 19.4 Å². The summed E-state index contributed by atoms with van der Waals surface area (Å²) in [5, 5.41) is 0.516. The molecule has 0 N–H and O–H groups in total. The predicted octanol–water partition coefficient (Wildman–Crippen LogP) is 2.68. The van der Waals surface area contributed by atoms with Gasteiger partial charge in [-0.05, 0) is 18.6 Å². The van der Waals surface area contributed by atoms with Crippen molar-refractivity contribution in [3.63, 3.8) is 0 Å². The van der Waals surface area contributed by atoms with Gasteiger partial charge in [0.15, 0.2) is 0 Å². The Morgan fingerprint density at radius 2 is 1.35 bits per heavy atom. The number of imide groups is 1. The van der Waals surface area contributed by atoms with E-state index in [9.17, 15) is 14.4 Å². The molecule has 0 aromatic rings. The van der Waals surface area contributed by atoms with E-state index in [1.165, 1.54) is 38.5 Å². The van der Waals surface area contributed by atoms with Gasteiger partial charge in [0.2, 0.25) is 0 Å². The monoisotopic (exact) mass is 389 g/mol. The highest BCUT2D eigenvalue weighted by atomic mass is 32.1. The largest absolute Gasteiger partial charge is 0.379 e. The van der Waals surface area contributed by atoms with Crippen LogP contribution in [0.15, 0.2) is 0 Å². The van der Waals surface area contributed by atoms with Crippen LogP contribution in [-0.4, -0.2) is 55.0 Å². The second kappa shape index (κ2) is 15.0. The highest BCUT2D eigenvalue weighted by Gasteiger charge is 2.32. The molecule has 0 bridgehead atoms. The summed E-state index contributed by atoms with van der Waals surface area (Å²) in [6.07, 6.45) is 9.96. The molecule has 1 aliphatic rings. The first-order valence-corrected chi connectivity index (χ1v) is 10.1. The van der Waals surface area contributed by atoms with Gasteiger partial charge in [-0.25, -0.2) is 4.79 Å². The maximum absolute atomic E-state index is 11.5. The summed E-state index contributed by atoms with van der Waals surface area (Å²) in [6, 6.07) is 0. The zero-order chi connectivity index (χ0) is 19.0. The van der Waals surface area contributed by atoms with Crippen LogP contribution in [0.2, 0.25) is 0 Å². The Bertz CT molecular complexity index is 416. The van der Waals surface area contributed by atoms with Gasteiger partial charge in [-0.2, -0.15) is 12.6 Å². The molecule has 0 radical (unpaired) electrons. The van der Waals surface area contributed by atoms with Crippen molar-refractivity contribution in [2.45, 2.75) is 64.2 Å². The molecule has 0 atom stereocenters. The molecule has 0 aromatic heterocycles. The lowest BCUT2D eigenvalue weighted by atomic mass is 10.1. The minimum atomic E-state index is -0.761. The van der Waals surface area contributed by atoms with Gasteiger partial charge < -0.3 is 14.3 Å². The fourth-order valence-electron chi connectivity index (χ4n) is 2.54. The molecule has 0 spiro atoms. The molecule has 150 valence electrons. The van der Waals surface area contributed by atoms with Crippen LogP contribution in [0.25, 0.3) is 0 Å². The molecule has 7 nitrogen and oxygen atoms in total. The fraction of sp³-hybridized carbons (Fsp3) is 0.833. The topological polar surface area (TPSA) is 82.1 Å². The lowest BCUT2D eigenvalue weighted by Gasteiger charge is -2.12. The summed E-state index contributed by atoms with van der Waals surface area (Å²) in [7, 11) is 0. The number of hydrogen-bond donors (Lipinski definition) is 1. The summed E-state index contributed by atoms with van der Waals surface area (Å²) in [5.74, 6) is -0.767. The Kier molecular flexibility index (Phi) is 13.2. The van der Waals surface area contributed by atoms with E-state index in [0.29, 0.717) is 18.3 Å². The van der Waals surface area contributed by atoms with Gasteiger partial charge in [0.05, 0.1) is 13.2 Å². The molecular formula is C18H31NO6S. The second-order valence-electron chi connectivity index (χ2n) is 6.26. The predicted molar refractivity (Wildman–Crippen MR) is 99.6 cm³/mol. The number of hydroxylamine groups is 2. The first kappa shape index (κ1) is 22.9. The highest BCUT2D eigenvalue weighted by Crippen LogP contribution is 2.12. The Morgan fingerprint density at radius 1 is 0.808 bits per heavy atom. The summed E-state index contributed by atoms with van der Waals surface area (Å²) in [6.45, 7) is 1.04. The molecule has 1 fully saturated rings. The average molecular weight is 390 g/mol. The molecule has 0 aromatic carbocycles. The lowest BCUT2D eigenvalue weighted by Crippen LogP contribution is -2.33. The molecule has 1 aliphatic heterocycles. The SMILES string of the molecule is O=C(COCCOCCCCCCCCCCS)ON1C(=O)CCC1=O. The molecular weight excluding hydrogens is 358 g/mol. The Hall–Kier alpha value is -1.12. The van der Waals surface area contributed by atoms with Crippen LogP contribution in [0.5, 0.6) is 0 Å². The van der Waals surface area contributed by atoms with Crippen molar-refractivity contribution in [3.05, 3.63) is 0 Å². The molecule has 0 saturated carbocycles. The van der Waals surface area contributed by atoms with Gasteiger partial charge in [0.25, 0.3) is 11.8 Å². The molecule has 0 aliphatic carbocycles. The van der Waals surface area contributed by atoms with Crippen LogP contribution in [0.3, 0.4) is 0 Å². The molecule has 1 rings (SSSR count). The van der Waals surface area contributed by atoms with Crippen LogP contribution in [-0.2, 0) is 28.7 Å². The van der Waals surface area contributed by atoms with Crippen molar-refractivity contribution >= 4 is 30.4 Å². The van der Waals surface area contributed by atoms with E-state index < -0.39 is 17.8 Å². The van der Waals surface area contributed by atoms with Crippen molar-refractivity contribution in [1.29, 1.82) is 0 Å². The number of ether oxygens (including phenoxy) is 2. The van der Waals surface area contributed by atoms with Gasteiger partial charge >= 0.3 is 5.97 Å². The Balaban J connectivity index is 1.82. The van der Waals surface area contributed by atoms with E-state index >= 15 is 0 Å². The number of amides is 2. The highest BCUT2D eigenvalue weighted by molar-refractivity contribution is 7.80. The quantitative estimate of drug-likeness (QED) is 0.248. The van der Waals surface area contributed by atoms with E-state index in [1.54, 1.807) is 0 Å². The van der Waals surface area contributed by atoms with Crippen LogP contribution in [0.1, 0.15) is 64.2 Å². The average Bonchev–Trinajstić information content (AvgIpc) is 2.94. The zero-order valence-corrected chi connectivity index (χ0v) is 16.3. The number of hydrogen-bond acceptors (Lipinski definition) is 7. The van der Waals surface area contributed by atoms with Crippen LogP contribution in [0.4, 0.5) is 0 Å². The number of rotatable bonds is 16. The van der Waals surface area contributed by atoms with E-state index in [4.69, 9.17) is 9.47 Å². The normalized spacial score (nSPS) is 14.3. The molecule has 1 heterocycles. The smallest absolute Gasteiger partial charge is 0.358 e. The summed E-state index contributed by atoms with van der Waals surface area (Å²) < 4.78 is 10.6. The minimum Gasteiger partial charge on any atom is -0.379 e. The molecule has 8 heteroatoms. The molecule has 0 unspecified atom stereocenters. The standard InChI is InChI=1S/C18H31NO6S/c20-16-9-10-17(21)19(16)25-18(22)15-24-13-12-23-11-7-5-3-1-2-4-6-8-14-26/h26H,1-15H2. The number of carbonyl (C=O) groups excluding carboxylic acids is 3. The Morgan fingerprint density at radius 3 is 1.96 bits per heavy atom. The van der Waals surface area contributed by atoms with Crippen LogP contribution < -0.4 is 0 Å². The summed E-state index contributed by atoms with van der Waals surface area (Å²) in [5.41, 5.74) is 0. The summed E-state index contributed by atoms with van der Waals surface area (Å²) in [4.78, 5) is 38.7. The molecule has 1 saturated heterocycles. The third-order valence-electron chi connectivity index (χ3n) is 3.99. The number of carbonyl (C=O) groups is 3. The third kappa shape index (κ3) is 10.8. The third-order valence-corrected chi connectivity index (χ3v) is 4.30. The first-order valence-electron chi connectivity index (χ1n) is 9.48. The van der Waals surface area contributed by atoms with E-state index in [1.807, 2.05) is 0 Å². The van der Waals surface area contributed by atoms with Crippen molar-refractivity contribution < 1.29 is 28.7 Å². The van der Waals surface area contributed by atoms with Crippen molar-refractivity contribution in [2.75, 3.05) is 32.2 Å². The van der Waals surface area contributed by atoms with Crippen molar-refractivity contribution in [1.82, 2.24) is 5.06 Å². The fourth-order valence-corrected chi connectivity index (χ4v) is 2.76. The number of thiol groups is 1. The first-order chi connectivity index (χ1) is 12.6. The van der Waals surface area contributed by atoms with E-state index in [0.717, 1.165) is 18.6 Å². The summed E-state index contributed by atoms with van der Waals surface area (Å²) >= 11 is 4.20. The second-order valence-corrected chi connectivity index (χ2v) is 6.71. The lowest BCUT2D eigenvalue weighted by molar-refractivity contribution is -0.200. The van der Waals surface area contributed by atoms with Gasteiger partial charge in [-0.1, -0.05) is 38.5 Å². The number of nitrogens with zero attached hydrogens (tertiary/aromatic N) is 1. The minimum absolute atomic E-state index is 0.0802. The molecule has 26 heavy (non-hydrogen) atoms. The van der Waals surface area contributed by atoms with Crippen molar-refractivity contribution in [2.24, 2.45) is 0 Å². The van der Waals surface area contributed by atoms with Crippen LogP contribution in [0, 0.1) is 0 Å². The van der Waals surface area contributed by atoms with Crippen molar-refractivity contribution in [3.8, 4) is 0 Å². The van der Waals surface area contributed by atoms with Crippen LogP contribution >= 0.6 is 12.6 Å². The maximum Gasteiger partial charge on any atom is 0.358 e. The number of unbranched alkanes of at least 4 members (excludes halogenated alkanes) is 7.